The van der Waals surface area contributed by atoms with Gasteiger partial charge in [-0.1, -0.05) is 29.4 Å². The normalized spacial score (nSPS) is 13.9. The summed E-state index contributed by atoms with van der Waals surface area (Å²) in [6.07, 6.45) is 5.97. The molecule has 1 aliphatic rings. The van der Waals surface area contributed by atoms with E-state index in [9.17, 15) is 0 Å². The Morgan fingerprint density at radius 2 is 1.64 bits per heavy atom. The molecule has 6 heteroatoms. The molecule has 0 N–H and O–H groups in total. The van der Waals surface area contributed by atoms with E-state index in [1.165, 1.54) is 17.8 Å². The Morgan fingerprint density at radius 3 is 2.40 bits per heavy atom. The zero-order chi connectivity index (χ0) is 16.6. The van der Waals surface area contributed by atoms with Gasteiger partial charge in [0.25, 0.3) is 5.89 Å². The maximum Gasteiger partial charge on any atom is 0.258 e. The molecule has 3 heterocycles. The summed E-state index contributed by atoms with van der Waals surface area (Å²) >= 11 is 1.76. The van der Waals surface area contributed by atoms with E-state index in [2.05, 4.69) is 32.6 Å². The third-order valence-corrected chi connectivity index (χ3v) is 5.25. The zero-order valence-electron chi connectivity index (χ0n) is 13.3. The summed E-state index contributed by atoms with van der Waals surface area (Å²) in [6.45, 7) is 0. The Kier molecular flexibility index (Phi) is 3.41. The number of hydrogen-bond acceptors (Lipinski definition) is 6. The molecular formula is C19H14N4OS. The molecule has 0 unspecified atom stereocenters. The van der Waals surface area contributed by atoms with Crippen molar-refractivity contribution < 1.29 is 4.52 Å². The maximum atomic E-state index is 5.36. The van der Waals surface area contributed by atoms with Gasteiger partial charge in [0.2, 0.25) is 5.82 Å². The van der Waals surface area contributed by atoms with Gasteiger partial charge in [0.05, 0.1) is 10.7 Å². The van der Waals surface area contributed by atoms with E-state index < -0.39 is 0 Å². The fraction of sp³-hybridized carbons (Fsp3) is 0.158. The summed E-state index contributed by atoms with van der Waals surface area (Å²) in [5, 5.41) is 7.48. The van der Waals surface area contributed by atoms with Crippen LogP contribution in [0.2, 0.25) is 0 Å². The molecule has 0 radical (unpaired) electrons. The highest BCUT2D eigenvalue weighted by Gasteiger charge is 2.26. The average molecular weight is 346 g/mol. The third-order valence-electron chi connectivity index (χ3n) is 4.24. The van der Waals surface area contributed by atoms with Crippen LogP contribution in [0.3, 0.4) is 0 Å². The van der Waals surface area contributed by atoms with Gasteiger partial charge in [-0.25, -0.2) is 4.98 Å². The zero-order valence-corrected chi connectivity index (χ0v) is 14.1. The van der Waals surface area contributed by atoms with Crippen LogP contribution in [0.1, 0.15) is 23.8 Å². The van der Waals surface area contributed by atoms with E-state index >= 15 is 0 Å². The van der Waals surface area contributed by atoms with Crippen LogP contribution in [0.4, 0.5) is 0 Å². The third kappa shape index (κ3) is 2.85. The highest BCUT2D eigenvalue weighted by Crippen LogP contribution is 2.42. The summed E-state index contributed by atoms with van der Waals surface area (Å²) in [5.41, 5.74) is 3.94. The molecule has 1 aliphatic carbocycles. The summed E-state index contributed by atoms with van der Waals surface area (Å²) < 4.78 is 5.36. The predicted octanol–water partition coefficient (Wildman–Crippen LogP) is 4.80. The van der Waals surface area contributed by atoms with Crippen molar-refractivity contribution in [1.82, 2.24) is 20.1 Å². The molecular weight excluding hydrogens is 332 g/mol. The SMILES string of the molecule is c1cc(-c2nc(-c3ccc(-c4csc(C5CC5)n4)cc3)no2)ccn1. The number of aromatic nitrogens is 4. The summed E-state index contributed by atoms with van der Waals surface area (Å²) in [6, 6.07) is 11.8. The summed E-state index contributed by atoms with van der Waals surface area (Å²) in [7, 11) is 0. The number of hydrogen-bond donors (Lipinski definition) is 0. The minimum absolute atomic E-state index is 0.495. The molecule has 25 heavy (non-hydrogen) atoms. The van der Waals surface area contributed by atoms with Crippen molar-refractivity contribution in [3.63, 3.8) is 0 Å². The minimum Gasteiger partial charge on any atom is -0.334 e. The van der Waals surface area contributed by atoms with E-state index in [0.29, 0.717) is 17.6 Å². The van der Waals surface area contributed by atoms with Crippen molar-refractivity contribution in [3.05, 3.63) is 59.2 Å². The molecule has 0 spiro atoms. The molecule has 0 saturated heterocycles. The second kappa shape index (κ2) is 5.89. The molecule has 0 bridgehead atoms. The monoisotopic (exact) mass is 346 g/mol. The van der Waals surface area contributed by atoms with Crippen molar-refractivity contribution in [2.75, 3.05) is 0 Å². The van der Waals surface area contributed by atoms with E-state index in [1.807, 2.05) is 24.3 Å². The van der Waals surface area contributed by atoms with Gasteiger partial charge in [0.15, 0.2) is 0 Å². The molecule has 1 aromatic carbocycles. The Balaban J connectivity index is 1.40. The number of nitrogens with zero attached hydrogens (tertiary/aromatic N) is 4. The van der Waals surface area contributed by atoms with Crippen molar-refractivity contribution in [2.45, 2.75) is 18.8 Å². The molecule has 5 rings (SSSR count). The first-order chi connectivity index (χ1) is 12.4. The molecule has 122 valence electrons. The predicted molar refractivity (Wildman–Crippen MR) is 96.0 cm³/mol. The van der Waals surface area contributed by atoms with Gasteiger partial charge in [0.1, 0.15) is 0 Å². The minimum atomic E-state index is 0.495. The Hall–Kier alpha value is -2.86. The highest BCUT2D eigenvalue weighted by atomic mass is 32.1. The standard InChI is InChI=1S/C19H14N4OS/c1-3-13(17-22-18(24-23-17)14-7-9-20-10-8-14)4-2-12(1)16-11-25-19(21-16)15-5-6-15/h1-4,7-11,15H,5-6H2. The first-order valence-corrected chi connectivity index (χ1v) is 9.05. The first-order valence-electron chi connectivity index (χ1n) is 8.17. The number of pyridine rings is 1. The number of benzene rings is 1. The number of thiazole rings is 1. The second-order valence-corrected chi connectivity index (χ2v) is 6.97. The van der Waals surface area contributed by atoms with Crippen LogP contribution < -0.4 is 0 Å². The van der Waals surface area contributed by atoms with Crippen LogP contribution in [0, 0.1) is 0 Å². The summed E-state index contributed by atoms with van der Waals surface area (Å²) in [4.78, 5) is 13.2. The van der Waals surface area contributed by atoms with Gasteiger partial charge in [-0.05, 0) is 25.0 Å². The Bertz CT molecular complexity index is 1000. The lowest BCUT2D eigenvalue weighted by Crippen LogP contribution is -1.84. The highest BCUT2D eigenvalue weighted by molar-refractivity contribution is 7.10. The lowest BCUT2D eigenvalue weighted by atomic mass is 10.1. The average Bonchev–Trinajstić information content (AvgIpc) is 3.21. The molecule has 1 fully saturated rings. The molecule has 1 saturated carbocycles. The van der Waals surface area contributed by atoms with Gasteiger partial charge >= 0.3 is 0 Å². The second-order valence-electron chi connectivity index (χ2n) is 6.08. The lowest BCUT2D eigenvalue weighted by Gasteiger charge is -1.98. The molecule has 0 atom stereocenters. The molecule has 3 aromatic heterocycles. The topological polar surface area (TPSA) is 64.7 Å². The largest absolute Gasteiger partial charge is 0.334 e. The van der Waals surface area contributed by atoms with Crippen LogP contribution in [-0.4, -0.2) is 20.1 Å². The van der Waals surface area contributed by atoms with Gasteiger partial charge in [-0.3, -0.25) is 4.98 Å². The fourth-order valence-corrected chi connectivity index (χ4v) is 3.68. The van der Waals surface area contributed by atoms with Crippen LogP contribution >= 0.6 is 11.3 Å². The molecule has 5 nitrogen and oxygen atoms in total. The van der Waals surface area contributed by atoms with E-state index in [0.717, 1.165) is 22.4 Å². The van der Waals surface area contributed by atoms with Crippen LogP contribution in [-0.2, 0) is 0 Å². The quantitative estimate of drug-likeness (QED) is 0.531. The first kappa shape index (κ1) is 14.5. The van der Waals surface area contributed by atoms with Crippen molar-refractivity contribution in [2.24, 2.45) is 0 Å². The maximum absolute atomic E-state index is 5.36. The lowest BCUT2D eigenvalue weighted by molar-refractivity contribution is 0.432. The van der Waals surface area contributed by atoms with Crippen molar-refractivity contribution in [1.29, 1.82) is 0 Å². The Labute approximate surface area is 148 Å². The van der Waals surface area contributed by atoms with Gasteiger partial charge in [-0.15, -0.1) is 11.3 Å². The van der Waals surface area contributed by atoms with Crippen molar-refractivity contribution >= 4 is 11.3 Å². The fourth-order valence-electron chi connectivity index (χ4n) is 2.68. The summed E-state index contributed by atoms with van der Waals surface area (Å²) in [5.74, 6) is 1.77. The smallest absolute Gasteiger partial charge is 0.258 e. The van der Waals surface area contributed by atoms with E-state index in [1.54, 1.807) is 23.7 Å². The van der Waals surface area contributed by atoms with Crippen LogP contribution in [0.5, 0.6) is 0 Å². The molecule has 4 aromatic rings. The molecule has 0 amide bonds. The molecule has 0 aliphatic heterocycles. The Morgan fingerprint density at radius 1 is 0.880 bits per heavy atom. The van der Waals surface area contributed by atoms with E-state index in [4.69, 9.17) is 9.51 Å². The van der Waals surface area contributed by atoms with Gasteiger partial charge in [0, 0.05) is 40.4 Å². The van der Waals surface area contributed by atoms with Crippen LogP contribution in [0.15, 0.2) is 58.7 Å². The van der Waals surface area contributed by atoms with Crippen LogP contribution in [0.25, 0.3) is 34.1 Å². The van der Waals surface area contributed by atoms with Gasteiger partial charge in [-0.2, -0.15) is 4.98 Å². The number of rotatable bonds is 4. The van der Waals surface area contributed by atoms with Crippen molar-refractivity contribution in [3.8, 4) is 34.1 Å². The van der Waals surface area contributed by atoms with E-state index in [-0.39, 0.29) is 0 Å². The van der Waals surface area contributed by atoms with Gasteiger partial charge < -0.3 is 4.52 Å².